The zero-order chi connectivity index (χ0) is 13.9. The van der Waals surface area contributed by atoms with Crippen molar-refractivity contribution in [1.82, 2.24) is 9.97 Å². The van der Waals surface area contributed by atoms with Crippen molar-refractivity contribution >= 4 is 11.6 Å². The number of ether oxygens (including phenoxy) is 1. The van der Waals surface area contributed by atoms with Crippen LogP contribution in [0.15, 0.2) is 30.6 Å². The van der Waals surface area contributed by atoms with Crippen LogP contribution in [0, 0.1) is 6.92 Å². The molecule has 1 aromatic carbocycles. The number of nitrogen functional groups attached to an aromatic ring is 1. The van der Waals surface area contributed by atoms with Crippen LogP contribution in [0.2, 0.25) is 0 Å². The molecule has 2 N–H and O–H groups in total. The Bertz CT molecular complexity index is 591. The van der Waals surface area contributed by atoms with Crippen LogP contribution in [0.1, 0.15) is 5.56 Å². The van der Waals surface area contributed by atoms with E-state index in [0.29, 0.717) is 0 Å². The second-order valence-corrected chi connectivity index (χ2v) is 4.95. The molecule has 104 valence electrons. The highest BCUT2D eigenvalue weighted by Crippen LogP contribution is 2.25. The molecule has 1 saturated heterocycles. The fraction of sp³-hybridized carbons (Fsp3) is 0.333. The van der Waals surface area contributed by atoms with Gasteiger partial charge in [0.05, 0.1) is 13.2 Å². The number of anilines is 2. The number of benzene rings is 1. The molecule has 0 atom stereocenters. The van der Waals surface area contributed by atoms with Gasteiger partial charge in [-0.3, -0.25) is 0 Å². The monoisotopic (exact) mass is 270 g/mol. The van der Waals surface area contributed by atoms with Gasteiger partial charge in [0.25, 0.3) is 0 Å². The lowest BCUT2D eigenvalue weighted by atomic mass is 10.0. The molecule has 20 heavy (non-hydrogen) atoms. The van der Waals surface area contributed by atoms with Gasteiger partial charge in [-0.05, 0) is 30.2 Å². The van der Waals surface area contributed by atoms with Gasteiger partial charge in [0.1, 0.15) is 0 Å². The number of morpholine rings is 1. The van der Waals surface area contributed by atoms with Gasteiger partial charge in [-0.25, -0.2) is 9.97 Å². The van der Waals surface area contributed by atoms with E-state index >= 15 is 0 Å². The van der Waals surface area contributed by atoms with Gasteiger partial charge in [-0.2, -0.15) is 0 Å². The van der Waals surface area contributed by atoms with E-state index in [2.05, 4.69) is 21.8 Å². The lowest BCUT2D eigenvalue weighted by Crippen LogP contribution is -2.37. The summed E-state index contributed by atoms with van der Waals surface area (Å²) in [5.74, 6) is 0.763. The molecule has 3 rings (SSSR count). The summed E-state index contributed by atoms with van der Waals surface area (Å²) in [5.41, 5.74) is 9.84. The Morgan fingerprint density at radius 2 is 1.85 bits per heavy atom. The van der Waals surface area contributed by atoms with Gasteiger partial charge in [0.15, 0.2) is 0 Å². The number of hydrogen-bond acceptors (Lipinski definition) is 5. The summed E-state index contributed by atoms with van der Waals surface area (Å²) in [5, 5.41) is 0. The Balaban J connectivity index is 1.87. The highest BCUT2D eigenvalue weighted by molar-refractivity contribution is 5.69. The summed E-state index contributed by atoms with van der Waals surface area (Å²) < 4.78 is 5.33. The number of nitrogens with two attached hydrogens (primary N) is 1. The summed E-state index contributed by atoms with van der Waals surface area (Å²) in [6, 6.07) is 5.88. The van der Waals surface area contributed by atoms with Crippen LogP contribution < -0.4 is 10.6 Å². The number of nitrogens with zero attached hydrogens (tertiary/aromatic N) is 3. The number of aryl methyl sites for hydroxylation is 1. The molecule has 2 heterocycles. The van der Waals surface area contributed by atoms with E-state index in [-0.39, 0.29) is 0 Å². The zero-order valence-corrected chi connectivity index (χ0v) is 11.5. The van der Waals surface area contributed by atoms with E-state index in [0.717, 1.165) is 49.1 Å². The molecular weight excluding hydrogens is 252 g/mol. The smallest absolute Gasteiger partial charge is 0.225 e. The fourth-order valence-corrected chi connectivity index (χ4v) is 2.34. The van der Waals surface area contributed by atoms with Crippen molar-refractivity contribution in [2.45, 2.75) is 6.92 Å². The first kappa shape index (κ1) is 12.9. The first-order chi connectivity index (χ1) is 9.74. The summed E-state index contributed by atoms with van der Waals surface area (Å²) in [6.45, 7) is 5.22. The highest BCUT2D eigenvalue weighted by atomic mass is 16.5. The average molecular weight is 270 g/mol. The third kappa shape index (κ3) is 2.58. The van der Waals surface area contributed by atoms with Crippen LogP contribution in [0.5, 0.6) is 0 Å². The molecule has 0 radical (unpaired) electrons. The largest absolute Gasteiger partial charge is 0.399 e. The first-order valence-electron chi connectivity index (χ1n) is 6.75. The summed E-state index contributed by atoms with van der Waals surface area (Å²) in [6.07, 6.45) is 3.72. The molecule has 1 aliphatic heterocycles. The molecule has 5 heteroatoms. The topological polar surface area (TPSA) is 64.3 Å². The van der Waals surface area contributed by atoms with Crippen LogP contribution in [0.3, 0.4) is 0 Å². The van der Waals surface area contributed by atoms with E-state index in [1.165, 1.54) is 5.56 Å². The normalized spacial score (nSPS) is 15.3. The Morgan fingerprint density at radius 1 is 1.15 bits per heavy atom. The summed E-state index contributed by atoms with van der Waals surface area (Å²) in [4.78, 5) is 11.1. The third-order valence-corrected chi connectivity index (χ3v) is 3.50. The van der Waals surface area contributed by atoms with Crippen molar-refractivity contribution in [3.05, 3.63) is 36.2 Å². The molecule has 2 aromatic rings. The molecule has 0 unspecified atom stereocenters. The molecule has 0 saturated carbocycles. The van der Waals surface area contributed by atoms with E-state index in [1.54, 1.807) is 0 Å². The van der Waals surface area contributed by atoms with E-state index in [9.17, 15) is 0 Å². The number of aromatic nitrogens is 2. The van der Waals surface area contributed by atoms with Crippen LogP contribution in [-0.2, 0) is 4.74 Å². The molecule has 0 aliphatic carbocycles. The Kier molecular flexibility index (Phi) is 3.52. The molecule has 0 amide bonds. The number of hydrogen-bond donors (Lipinski definition) is 1. The van der Waals surface area contributed by atoms with Gasteiger partial charge in [0.2, 0.25) is 5.95 Å². The van der Waals surface area contributed by atoms with Crippen LogP contribution >= 0.6 is 0 Å². The standard InChI is InChI=1S/C15H18N4O/c1-11-2-3-13(16)8-14(11)12-9-17-15(18-10-12)19-4-6-20-7-5-19/h2-3,8-10H,4-7,16H2,1H3. The van der Waals surface area contributed by atoms with Crippen LogP contribution in [0.4, 0.5) is 11.6 Å². The molecule has 1 fully saturated rings. The SMILES string of the molecule is Cc1ccc(N)cc1-c1cnc(N2CCOCC2)nc1. The molecule has 0 bridgehead atoms. The second-order valence-electron chi connectivity index (χ2n) is 4.95. The maximum atomic E-state index is 5.85. The zero-order valence-electron chi connectivity index (χ0n) is 11.5. The van der Waals surface area contributed by atoms with Gasteiger partial charge in [0, 0.05) is 36.7 Å². The van der Waals surface area contributed by atoms with Gasteiger partial charge >= 0.3 is 0 Å². The van der Waals surface area contributed by atoms with Crippen molar-refractivity contribution in [3.63, 3.8) is 0 Å². The minimum Gasteiger partial charge on any atom is -0.399 e. The van der Waals surface area contributed by atoms with E-state index < -0.39 is 0 Å². The Morgan fingerprint density at radius 3 is 2.55 bits per heavy atom. The molecular formula is C15H18N4O. The maximum absolute atomic E-state index is 5.85. The van der Waals surface area contributed by atoms with Crippen molar-refractivity contribution in [2.75, 3.05) is 36.9 Å². The van der Waals surface area contributed by atoms with E-state index in [4.69, 9.17) is 10.5 Å². The van der Waals surface area contributed by atoms with Gasteiger partial charge < -0.3 is 15.4 Å². The molecule has 5 nitrogen and oxygen atoms in total. The fourth-order valence-electron chi connectivity index (χ4n) is 2.34. The predicted octanol–water partition coefficient (Wildman–Crippen LogP) is 1.87. The van der Waals surface area contributed by atoms with Crippen molar-refractivity contribution in [3.8, 4) is 11.1 Å². The summed E-state index contributed by atoms with van der Waals surface area (Å²) in [7, 11) is 0. The molecule has 0 spiro atoms. The lowest BCUT2D eigenvalue weighted by molar-refractivity contribution is 0.122. The molecule has 1 aliphatic rings. The summed E-state index contributed by atoms with van der Waals surface area (Å²) >= 11 is 0. The highest BCUT2D eigenvalue weighted by Gasteiger charge is 2.13. The first-order valence-corrected chi connectivity index (χ1v) is 6.75. The third-order valence-electron chi connectivity index (χ3n) is 3.50. The van der Waals surface area contributed by atoms with Crippen LogP contribution in [-0.4, -0.2) is 36.3 Å². The van der Waals surface area contributed by atoms with Gasteiger partial charge in [-0.15, -0.1) is 0 Å². The Labute approximate surface area is 118 Å². The second kappa shape index (κ2) is 5.46. The minimum absolute atomic E-state index is 0.736. The predicted molar refractivity (Wildman–Crippen MR) is 79.6 cm³/mol. The van der Waals surface area contributed by atoms with Crippen molar-refractivity contribution in [1.29, 1.82) is 0 Å². The maximum Gasteiger partial charge on any atom is 0.225 e. The van der Waals surface area contributed by atoms with Crippen molar-refractivity contribution in [2.24, 2.45) is 0 Å². The van der Waals surface area contributed by atoms with Crippen LogP contribution in [0.25, 0.3) is 11.1 Å². The molecule has 1 aromatic heterocycles. The lowest BCUT2D eigenvalue weighted by Gasteiger charge is -2.26. The Hall–Kier alpha value is -2.14. The van der Waals surface area contributed by atoms with Gasteiger partial charge in [-0.1, -0.05) is 6.07 Å². The number of rotatable bonds is 2. The average Bonchev–Trinajstić information content (AvgIpc) is 2.51. The van der Waals surface area contributed by atoms with E-state index in [1.807, 2.05) is 30.6 Å². The minimum atomic E-state index is 0.736. The van der Waals surface area contributed by atoms with Crippen molar-refractivity contribution < 1.29 is 4.74 Å². The quantitative estimate of drug-likeness (QED) is 0.844.